The van der Waals surface area contributed by atoms with E-state index in [1.807, 2.05) is 6.26 Å². The van der Waals surface area contributed by atoms with E-state index in [4.69, 9.17) is 4.42 Å². The van der Waals surface area contributed by atoms with E-state index < -0.39 is 0 Å². The van der Waals surface area contributed by atoms with E-state index >= 15 is 0 Å². The quantitative estimate of drug-likeness (QED) is 0.841. The van der Waals surface area contributed by atoms with Crippen molar-refractivity contribution >= 4 is 0 Å². The Labute approximate surface area is 96.8 Å². The Morgan fingerprint density at radius 2 is 2.19 bits per heavy atom. The van der Waals surface area contributed by atoms with Crippen LogP contribution in [0.4, 0.5) is 0 Å². The number of hydrogen-bond acceptors (Lipinski definition) is 3. The van der Waals surface area contributed by atoms with E-state index in [9.17, 15) is 0 Å². The minimum atomic E-state index is 0.591. The van der Waals surface area contributed by atoms with Crippen LogP contribution in [-0.4, -0.2) is 31.1 Å². The van der Waals surface area contributed by atoms with Crippen molar-refractivity contribution in [3.8, 4) is 0 Å². The van der Waals surface area contributed by atoms with Crippen LogP contribution in [0.15, 0.2) is 23.0 Å². The van der Waals surface area contributed by atoms with E-state index in [2.05, 4.69) is 16.3 Å². The van der Waals surface area contributed by atoms with Crippen molar-refractivity contribution in [3.63, 3.8) is 0 Å². The van der Waals surface area contributed by atoms with Crippen molar-refractivity contribution < 1.29 is 4.42 Å². The number of furan rings is 1. The fourth-order valence-corrected chi connectivity index (χ4v) is 2.62. The van der Waals surface area contributed by atoms with Crippen molar-refractivity contribution in [1.82, 2.24) is 10.2 Å². The van der Waals surface area contributed by atoms with E-state index in [-0.39, 0.29) is 0 Å². The van der Waals surface area contributed by atoms with Crippen LogP contribution >= 0.6 is 0 Å². The maximum Gasteiger partial charge on any atom is 0.0950 e. The first-order valence-corrected chi connectivity index (χ1v) is 6.40. The largest absolute Gasteiger partial charge is 0.472 e. The minimum Gasteiger partial charge on any atom is -0.472 e. The van der Waals surface area contributed by atoms with Crippen molar-refractivity contribution in [2.75, 3.05) is 26.2 Å². The van der Waals surface area contributed by atoms with Gasteiger partial charge in [0.1, 0.15) is 0 Å². The van der Waals surface area contributed by atoms with Gasteiger partial charge in [0, 0.05) is 37.8 Å². The Hall–Kier alpha value is -0.800. The van der Waals surface area contributed by atoms with Gasteiger partial charge < -0.3 is 9.73 Å². The standard InChI is InChI=1S/C13H20N2O/c1-2-11(1)9-13(12-3-8-16-10-12)15-6-4-14-5-7-15/h3,8,10-11,13-14H,1-2,4-7,9H2/t13-/m0/s1. The Kier molecular flexibility index (Phi) is 2.98. The molecule has 3 heteroatoms. The first-order valence-electron chi connectivity index (χ1n) is 6.40. The molecule has 1 aromatic rings. The van der Waals surface area contributed by atoms with Gasteiger partial charge in [0.05, 0.1) is 12.5 Å². The number of rotatable bonds is 4. The van der Waals surface area contributed by atoms with E-state index in [0.29, 0.717) is 6.04 Å². The molecular formula is C13H20N2O. The summed E-state index contributed by atoms with van der Waals surface area (Å²) in [4.78, 5) is 2.61. The molecule has 0 bridgehead atoms. The number of nitrogens with zero attached hydrogens (tertiary/aromatic N) is 1. The van der Waals surface area contributed by atoms with Crippen LogP contribution in [-0.2, 0) is 0 Å². The highest BCUT2D eigenvalue weighted by Gasteiger charge is 2.30. The predicted octanol–water partition coefficient (Wildman–Crippen LogP) is 2.03. The van der Waals surface area contributed by atoms with Crippen molar-refractivity contribution in [3.05, 3.63) is 24.2 Å². The fraction of sp³-hybridized carbons (Fsp3) is 0.692. The van der Waals surface area contributed by atoms with E-state index in [1.54, 1.807) is 6.26 Å². The van der Waals surface area contributed by atoms with Gasteiger partial charge in [0.15, 0.2) is 0 Å². The highest BCUT2D eigenvalue weighted by atomic mass is 16.3. The molecule has 1 saturated carbocycles. The summed E-state index contributed by atoms with van der Waals surface area (Å²) in [6.07, 6.45) is 7.91. The first kappa shape index (κ1) is 10.4. The number of piperazine rings is 1. The lowest BCUT2D eigenvalue weighted by molar-refractivity contribution is 0.160. The zero-order valence-electron chi connectivity index (χ0n) is 9.69. The second-order valence-electron chi connectivity index (χ2n) is 5.04. The highest BCUT2D eigenvalue weighted by Crippen LogP contribution is 2.40. The fourth-order valence-electron chi connectivity index (χ4n) is 2.62. The van der Waals surface area contributed by atoms with Crippen molar-refractivity contribution in [2.24, 2.45) is 5.92 Å². The smallest absolute Gasteiger partial charge is 0.0950 e. The Balaban J connectivity index is 1.71. The van der Waals surface area contributed by atoms with Crippen LogP contribution in [0, 0.1) is 5.92 Å². The molecule has 1 atom stereocenters. The lowest BCUT2D eigenvalue weighted by atomic mass is 10.0. The van der Waals surface area contributed by atoms with Gasteiger partial charge in [-0.2, -0.15) is 0 Å². The Bertz CT molecular complexity index is 313. The molecule has 3 rings (SSSR count). The predicted molar refractivity (Wildman–Crippen MR) is 63.2 cm³/mol. The average molecular weight is 220 g/mol. The molecule has 2 aliphatic rings. The van der Waals surface area contributed by atoms with E-state index in [1.165, 1.54) is 37.9 Å². The molecule has 2 fully saturated rings. The van der Waals surface area contributed by atoms with Crippen molar-refractivity contribution in [2.45, 2.75) is 25.3 Å². The summed E-state index contributed by atoms with van der Waals surface area (Å²) in [5, 5.41) is 3.42. The molecule has 2 heterocycles. The molecule has 1 aliphatic heterocycles. The molecule has 1 saturated heterocycles. The van der Waals surface area contributed by atoms with Gasteiger partial charge in [-0.3, -0.25) is 4.90 Å². The van der Waals surface area contributed by atoms with Gasteiger partial charge in [-0.15, -0.1) is 0 Å². The van der Waals surface area contributed by atoms with Gasteiger partial charge in [0.25, 0.3) is 0 Å². The first-order chi connectivity index (χ1) is 7.93. The Morgan fingerprint density at radius 3 is 2.81 bits per heavy atom. The summed E-state index contributed by atoms with van der Waals surface area (Å²) < 4.78 is 5.25. The topological polar surface area (TPSA) is 28.4 Å². The summed E-state index contributed by atoms with van der Waals surface area (Å²) in [6.45, 7) is 4.59. The molecule has 0 spiro atoms. The minimum absolute atomic E-state index is 0.591. The van der Waals surface area contributed by atoms with Crippen LogP contribution in [0.5, 0.6) is 0 Å². The molecule has 3 nitrogen and oxygen atoms in total. The van der Waals surface area contributed by atoms with Gasteiger partial charge in [-0.1, -0.05) is 12.8 Å². The summed E-state index contributed by atoms with van der Waals surface area (Å²) in [5.74, 6) is 0.967. The van der Waals surface area contributed by atoms with Crippen LogP contribution in [0.2, 0.25) is 0 Å². The summed E-state index contributed by atoms with van der Waals surface area (Å²) >= 11 is 0. The third-order valence-corrected chi connectivity index (χ3v) is 3.77. The van der Waals surface area contributed by atoms with Gasteiger partial charge >= 0.3 is 0 Å². The van der Waals surface area contributed by atoms with E-state index in [0.717, 1.165) is 19.0 Å². The molecule has 0 radical (unpaired) electrons. The molecule has 16 heavy (non-hydrogen) atoms. The molecule has 0 amide bonds. The summed E-state index contributed by atoms with van der Waals surface area (Å²) in [5.41, 5.74) is 1.37. The molecule has 1 N–H and O–H groups in total. The second-order valence-corrected chi connectivity index (χ2v) is 5.04. The normalized spacial score (nSPS) is 24.5. The molecule has 88 valence electrons. The lowest BCUT2D eigenvalue weighted by Gasteiger charge is -2.34. The zero-order chi connectivity index (χ0) is 10.8. The van der Waals surface area contributed by atoms with Crippen molar-refractivity contribution in [1.29, 1.82) is 0 Å². The second kappa shape index (κ2) is 4.60. The van der Waals surface area contributed by atoms with Gasteiger partial charge in [-0.05, 0) is 18.4 Å². The third kappa shape index (κ3) is 2.30. The number of nitrogens with one attached hydrogen (secondary N) is 1. The maximum atomic E-state index is 5.25. The van der Waals surface area contributed by atoms with Gasteiger partial charge in [0.2, 0.25) is 0 Å². The highest BCUT2D eigenvalue weighted by molar-refractivity contribution is 5.13. The van der Waals surface area contributed by atoms with Gasteiger partial charge in [-0.25, -0.2) is 0 Å². The van der Waals surface area contributed by atoms with Crippen LogP contribution in [0.25, 0.3) is 0 Å². The molecule has 0 aromatic carbocycles. The van der Waals surface area contributed by atoms with Crippen LogP contribution < -0.4 is 5.32 Å². The SMILES string of the molecule is c1cc([C@H](CC2CC2)N2CCNCC2)co1. The zero-order valence-corrected chi connectivity index (χ0v) is 9.69. The molecule has 1 aliphatic carbocycles. The molecule has 1 aromatic heterocycles. The maximum absolute atomic E-state index is 5.25. The molecule has 0 unspecified atom stereocenters. The Morgan fingerprint density at radius 1 is 1.38 bits per heavy atom. The lowest BCUT2D eigenvalue weighted by Crippen LogP contribution is -2.45. The third-order valence-electron chi connectivity index (χ3n) is 3.77. The van der Waals surface area contributed by atoms with Crippen LogP contribution in [0.3, 0.4) is 0 Å². The average Bonchev–Trinajstić information content (AvgIpc) is 3.00. The summed E-state index contributed by atoms with van der Waals surface area (Å²) in [7, 11) is 0. The summed E-state index contributed by atoms with van der Waals surface area (Å²) in [6, 6.07) is 2.73. The van der Waals surface area contributed by atoms with Crippen LogP contribution in [0.1, 0.15) is 30.9 Å². The number of hydrogen-bond donors (Lipinski definition) is 1. The monoisotopic (exact) mass is 220 g/mol. The molecular weight excluding hydrogens is 200 g/mol.